The molecule has 1 aliphatic carbocycles. The minimum absolute atomic E-state index is 0.0328. The zero-order valence-electron chi connectivity index (χ0n) is 15.4. The molecular formula is C21H28NO3P. The van der Waals surface area contributed by atoms with Gasteiger partial charge in [0.25, 0.3) is 7.37 Å². The minimum atomic E-state index is -3.03. The fourth-order valence-electron chi connectivity index (χ4n) is 3.58. The second-order valence-corrected chi connectivity index (χ2v) is 9.47. The normalized spacial score (nSPS) is 18.4. The van der Waals surface area contributed by atoms with E-state index in [0.717, 1.165) is 19.3 Å². The van der Waals surface area contributed by atoms with E-state index in [4.69, 9.17) is 15.0 Å². The summed E-state index contributed by atoms with van der Waals surface area (Å²) in [4.78, 5) is 0. The zero-order valence-corrected chi connectivity index (χ0v) is 16.3. The monoisotopic (exact) mass is 373 g/mol. The van der Waals surface area contributed by atoms with E-state index in [0.29, 0.717) is 17.7 Å². The predicted molar refractivity (Wildman–Crippen MR) is 106 cm³/mol. The van der Waals surface area contributed by atoms with Gasteiger partial charge in [-0.3, -0.25) is 4.57 Å². The molecule has 1 atom stereocenters. The molecule has 2 N–H and O–H groups in total. The van der Waals surface area contributed by atoms with E-state index in [1.807, 2.05) is 49.4 Å². The standard InChI is InChI=1S/C21H28NO3P/c1-2-25-26(23,20-8-4-3-5-9-20)17-24-19-12-10-18(11-13-19)16-21(22)14-6-7-15-21/h3-5,8-13H,2,6-7,14-17,22H2,1H3. The Morgan fingerprint density at radius 1 is 1.04 bits per heavy atom. The lowest BCUT2D eigenvalue weighted by molar-refractivity contribution is 0.300. The Bertz CT molecular complexity index is 740. The van der Waals surface area contributed by atoms with Crippen LogP contribution in [0.3, 0.4) is 0 Å². The van der Waals surface area contributed by atoms with Gasteiger partial charge in [-0.25, -0.2) is 0 Å². The van der Waals surface area contributed by atoms with Crippen molar-refractivity contribution >= 4 is 12.7 Å². The molecular weight excluding hydrogens is 345 g/mol. The quantitative estimate of drug-likeness (QED) is 0.693. The average Bonchev–Trinajstić information content (AvgIpc) is 3.08. The van der Waals surface area contributed by atoms with Gasteiger partial charge in [-0.1, -0.05) is 43.2 Å². The maximum atomic E-state index is 13.2. The predicted octanol–water partition coefficient (Wildman–Crippen LogP) is 4.48. The van der Waals surface area contributed by atoms with Gasteiger partial charge in [0.15, 0.2) is 6.35 Å². The van der Waals surface area contributed by atoms with Gasteiger partial charge in [0, 0.05) is 10.8 Å². The van der Waals surface area contributed by atoms with Gasteiger partial charge < -0.3 is 15.0 Å². The Kier molecular flexibility index (Phi) is 6.18. The summed E-state index contributed by atoms with van der Waals surface area (Å²) in [5.41, 5.74) is 7.62. The van der Waals surface area contributed by atoms with Crippen LogP contribution in [0, 0.1) is 0 Å². The van der Waals surface area contributed by atoms with Crippen LogP contribution in [0.1, 0.15) is 38.2 Å². The van der Waals surface area contributed by atoms with Gasteiger partial charge in [0.2, 0.25) is 0 Å². The molecule has 4 nitrogen and oxygen atoms in total. The third kappa shape index (κ3) is 4.76. The molecule has 0 aromatic heterocycles. The molecule has 1 aliphatic rings. The Labute approximate surface area is 156 Å². The van der Waals surface area contributed by atoms with Gasteiger partial charge in [-0.15, -0.1) is 0 Å². The van der Waals surface area contributed by atoms with Gasteiger partial charge in [-0.2, -0.15) is 0 Å². The maximum Gasteiger partial charge on any atom is 0.268 e. The third-order valence-electron chi connectivity index (χ3n) is 4.97. The molecule has 3 rings (SSSR count). The van der Waals surface area contributed by atoms with E-state index in [1.165, 1.54) is 18.4 Å². The van der Waals surface area contributed by atoms with Crippen LogP contribution in [0.4, 0.5) is 0 Å². The summed E-state index contributed by atoms with van der Waals surface area (Å²) in [5, 5.41) is 0.685. The highest BCUT2D eigenvalue weighted by atomic mass is 31.2. The summed E-state index contributed by atoms with van der Waals surface area (Å²) in [6.45, 7) is 2.23. The van der Waals surface area contributed by atoms with Gasteiger partial charge >= 0.3 is 0 Å². The van der Waals surface area contributed by atoms with Crippen molar-refractivity contribution in [1.29, 1.82) is 0 Å². The van der Waals surface area contributed by atoms with Gasteiger partial charge in [-0.05, 0) is 56.0 Å². The molecule has 0 bridgehead atoms. The van der Waals surface area contributed by atoms with Crippen molar-refractivity contribution in [3.05, 3.63) is 60.2 Å². The summed E-state index contributed by atoms with van der Waals surface area (Å²) in [5.74, 6) is 0.696. The van der Waals surface area contributed by atoms with Crippen molar-refractivity contribution in [2.45, 2.75) is 44.6 Å². The van der Waals surface area contributed by atoms with Crippen LogP contribution >= 0.6 is 7.37 Å². The number of nitrogens with two attached hydrogens (primary N) is 1. The van der Waals surface area contributed by atoms with Gasteiger partial charge in [0.1, 0.15) is 5.75 Å². The summed E-state index contributed by atoms with van der Waals surface area (Å²) in [7, 11) is -3.03. The molecule has 0 spiro atoms. The molecule has 0 heterocycles. The van der Waals surface area contributed by atoms with Crippen LogP contribution in [0.2, 0.25) is 0 Å². The summed E-state index contributed by atoms with van der Waals surface area (Å²) in [6.07, 6.45) is 5.58. The number of rotatable bonds is 8. The lowest BCUT2D eigenvalue weighted by Crippen LogP contribution is -2.38. The van der Waals surface area contributed by atoms with Crippen molar-refractivity contribution < 1.29 is 13.8 Å². The lowest BCUT2D eigenvalue weighted by atomic mass is 9.90. The topological polar surface area (TPSA) is 61.5 Å². The fraction of sp³-hybridized carbons (Fsp3) is 0.429. The van der Waals surface area contributed by atoms with Crippen LogP contribution in [-0.2, 0) is 15.5 Å². The molecule has 0 radical (unpaired) electrons. The van der Waals surface area contributed by atoms with Crippen molar-refractivity contribution in [3.8, 4) is 5.75 Å². The van der Waals surface area contributed by atoms with Crippen LogP contribution in [0.5, 0.6) is 5.75 Å². The fourth-order valence-corrected chi connectivity index (χ4v) is 5.31. The highest BCUT2D eigenvalue weighted by Crippen LogP contribution is 2.45. The van der Waals surface area contributed by atoms with Crippen molar-refractivity contribution in [1.82, 2.24) is 0 Å². The minimum Gasteiger partial charge on any atom is -0.483 e. The maximum absolute atomic E-state index is 13.2. The highest BCUT2D eigenvalue weighted by Gasteiger charge is 2.29. The first kappa shape index (κ1) is 19.2. The van der Waals surface area contributed by atoms with Crippen LogP contribution in [-0.4, -0.2) is 18.5 Å². The molecule has 2 aromatic carbocycles. The second-order valence-electron chi connectivity index (χ2n) is 7.09. The van der Waals surface area contributed by atoms with Crippen molar-refractivity contribution in [2.24, 2.45) is 5.73 Å². The summed E-state index contributed by atoms with van der Waals surface area (Å²) >= 11 is 0. The summed E-state index contributed by atoms with van der Waals surface area (Å²) < 4.78 is 24.5. The second kappa shape index (κ2) is 8.39. The Hall–Kier alpha value is -1.61. The molecule has 5 heteroatoms. The van der Waals surface area contributed by atoms with E-state index >= 15 is 0 Å². The van der Waals surface area contributed by atoms with Crippen LogP contribution in [0.25, 0.3) is 0 Å². The number of hydrogen-bond donors (Lipinski definition) is 1. The van der Waals surface area contributed by atoms with E-state index in [-0.39, 0.29) is 11.9 Å². The molecule has 1 fully saturated rings. The van der Waals surface area contributed by atoms with Crippen molar-refractivity contribution in [2.75, 3.05) is 13.0 Å². The van der Waals surface area contributed by atoms with E-state index in [2.05, 4.69) is 12.1 Å². The number of hydrogen-bond acceptors (Lipinski definition) is 4. The number of ether oxygens (including phenoxy) is 1. The van der Waals surface area contributed by atoms with Gasteiger partial charge in [0.05, 0.1) is 6.61 Å². The molecule has 1 unspecified atom stereocenters. The average molecular weight is 373 g/mol. The Morgan fingerprint density at radius 3 is 2.31 bits per heavy atom. The smallest absolute Gasteiger partial charge is 0.268 e. The summed E-state index contributed by atoms with van der Waals surface area (Å²) in [6, 6.07) is 17.2. The third-order valence-corrected chi connectivity index (χ3v) is 7.20. The molecule has 2 aromatic rings. The first-order valence-electron chi connectivity index (χ1n) is 9.33. The zero-order chi connectivity index (χ0) is 18.5. The Balaban J connectivity index is 1.64. The number of benzene rings is 2. The first-order chi connectivity index (χ1) is 12.5. The molecule has 26 heavy (non-hydrogen) atoms. The molecule has 0 saturated heterocycles. The largest absolute Gasteiger partial charge is 0.483 e. The van der Waals surface area contributed by atoms with E-state index in [1.54, 1.807) is 0 Å². The van der Waals surface area contributed by atoms with E-state index < -0.39 is 7.37 Å². The molecule has 0 aliphatic heterocycles. The Morgan fingerprint density at radius 2 is 1.69 bits per heavy atom. The molecule has 1 saturated carbocycles. The van der Waals surface area contributed by atoms with Crippen LogP contribution < -0.4 is 15.8 Å². The molecule has 140 valence electrons. The lowest BCUT2D eigenvalue weighted by Gasteiger charge is -2.23. The molecule has 0 amide bonds. The van der Waals surface area contributed by atoms with Crippen molar-refractivity contribution in [3.63, 3.8) is 0 Å². The SMILES string of the molecule is CCOP(=O)(COc1ccc(CC2(N)CCCC2)cc1)c1ccccc1. The van der Waals surface area contributed by atoms with E-state index in [9.17, 15) is 4.57 Å². The first-order valence-corrected chi connectivity index (χ1v) is 11.1. The van der Waals surface area contributed by atoms with Crippen LogP contribution in [0.15, 0.2) is 54.6 Å². The highest BCUT2D eigenvalue weighted by molar-refractivity contribution is 7.66.